The summed E-state index contributed by atoms with van der Waals surface area (Å²) >= 11 is 1.39. The van der Waals surface area contributed by atoms with Crippen LogP contribution in [0.15, 0.2) is 33.3 Å². The van der Waals surface area contributed by atoms with E-state index in [1.165, 1.54) is 18.0 Å². The normalized spacial score (nSPS) is 9.75. The number of aromatic nitrogens is 4. The van der Waals surface area contributed by atoms with Crippen molar-refractivity contribution < 1.29 is 0 Å². The van der Waals surface area contributed by atoms with Gasteiger partial charge in [0, 0.05) is 29.9 Å². The second-order valence-electron chi connectivity index (χ2n) is 2.78. The van der Waals surface area contributed by atoms with Gasteiger partial charge in [0.15, 0.2) is 5.16 Å². The maximum atomic E-state index is 11.3. The molecule has 0 amide bonds. The van der Waals surface area contributed by atoms with Gasteiger partial charge < -0.3 is 9.97 Å². The molecule has 2 heterocycles. The first kappa shape index (κ1) is 12.6. The van der Waals surface area contributed by atoms with E-state index in [4.69, 9.17) is 0 Å². The lowest BCUT2D eigenvalue weighted by Gasteiger charge is -1.96. The lowest BCUT2D eigenvalue weighted by molar-refractivity contribution is 0.996. The van der Waals surface area contributed by atoms with Crippen molar-refractivity contribution in [2.24, 2.45) is 0 Å². The number of imidazole rings is 1. The van der Waals surface area contributed by atoms with Crippen LogP contribution in [0.1, 0.15) is 5.56 Å². The molecule has 0 bridgehead atoms. The van der Waals surface area contributed by atoms with Gasteiger partial charge >= 0.3 is 5.69 Å². The number of rotatable bonds is 3. The third-order valence-corrected chi connectivity index (χ3v) is 2.69. The average Bonchev–Trinajstić information content (AvgIpc) is 2.69. The molecule has 0 aliphatic carbocycles. The molecule has 0 unspecified atom stereocenters. The molecular formula is C8H9ClN4O2S. The van der Waals surface area contributed by atoms with Gasteiger partial charge in [-0.15, -0.1) is 12.4 Å². The number of hydrogen-bond donors (Lipinski definition) is 3. The van der Waals surface area contributed by atoms with Crippen LogP contribution in [0.5, 0.6) is 0 Å². The molecule has 0 aliphatic heterocycles. The molecule has 0 saturated carbocycles. The van der Waals surface area contributed by atoms with Crippen LogP contribution in [0.25, 0.3) is 0 Å². The van der Waals surface area contributed by atoms with Gasteiger partial charge in [-0.1, -0.05) is 11.8 Å². The van der Waals surface area contributed by atoms with Crippen LogP contribution in [0.4, 0.5) is 0 Å². The molecule has 8 heteroatoms. The van der Waals surface area contributed by atoms with Crippen molar-refractivity contribution in [3.05, 3.63) is 45.0 Å². The molecule has 6 nitrogen and oxygen atoms in total. The Morgan fingerprint density at radius 1 is 1.31 bits per heavy atom. The summed E-state index contributed by atoms with van der Waals surface area (Å²) in [5.74, 6) is 0.458. The Bertz CT molecular complexity index is 548. The Labute approximate surface area is 100 Å². The fourth-order valence-electron chi connectivity index (χ4n) is 1.02. The van der Waals surface area contributed by atoms with E-state index in [0.717, 1.165) is 5.16 Å². The molecule has 0 aromatic carbocycles. The van der Waals surface area contributed by atoms with Gasteiger partial charge in [0.25, 0.3) is 5.56 Å². The van der Waals surface area contributed by atoms with Gasteiger partial charge in [0.1, 0.15) is 0 Å². The van der Waals surface area contributed by atoms with E-state index in [9.17, 15) is 9.59 Å². The van der Waals surface area contributed by atoms with Gasteiger partial charge in [-0.25, -0.2) is 9.78 Å². The van der Waals surface area contributed by atoms with Crippen LogP contribution in [0, 0.1) is 0 Å². The molecule has 86 valence electrons. The summed E-state index contributed by atoms with van der Waals surface area (Å²) in [6, 6.07) is 0. The molecule has 16 heavy (non-hydrogen) atoms. The molecular weight excluding hydrogens is 252 g/mol. The molecule has 2 aromatic rings. The van der Waals surface area contributed by atoms with Crippen LogP contribution in [0.2, 0.25) is 0 Å². The van der Waals surface area contributed by atoms with E-state index in [2.05, 4.69) is 19.9 Å². The van der Waals surface area contributed by atoms with Gasteiger partial charge in [-0.3, -0.25) is 9.78 Å². The van der Waals surface area contributed by atoms with Gasteiger partial charge in [0.2, 0.25) is 0 Å². The number of nitrogens with zero attached hydrogens (tertiary/aromatic N) is 1. The summed E-state index contributed by atoms with van der Waals surface area (Å²) in [7, 11) is 0. The van der Waals surface area contributed by atoms with E-state index in [1.54, 1.807) is 12.4 Å². The lowest BCUT2D eigenvalue weighted by Crippen LogP contribution is -2.24. The minimum atomic E-state index is -0.494. The Morgan fingerprint density at radius 3 is 2.75 bits per heavy atom. The van der Waals surface area contributed by atoms with E-state index >= 15 is 0 Å². The van der Waals surface area contributed by atoms with Crippen molar-refractivity contribution in [2.75, 3.05) is 0 Å². The van der Waals surface area contributed by atoms with E-state index in [-0.39, 0.29) is 18.0 Å². The average molecular weight is 261 g/mol. The highest BCUT2D eigenvalue weighted by Gasteiger charge is 2.02. The Hall–Kier alpha value is -1.47. The minimum Gasteiger partial charge on any atom is -0.340 e. The summed E-state index contributed by atoms with van der Waals surface area (Å²) in [4.78, 5) is 33.5. The summed E-state index contributed by atoms with van der Waals surface area (Å²) in [6.07, 6.45) is 4.76. The van der Waals surface area contributed by atoms with Gasteiger partial charge in [0.05, 0.1) is 0 Å². The number of aromatic amines is 3. The summed E-state index contributed by atoms with van der Waals surface area (Å²) in [5, 5.41) is 0.737. The Balaban J connectivity index is 0.00000128. The van der Waals surface area contributed by atoms with Crippen molar-refractivity contribution in [2.45, 2.75) is 10.9 Å². The monoisotopic (exact) mass is 260 g/mol. The topological polar surface area (TPSA) is 94.4 Å². The van der Waals surface area contributed by atoms with Gasteiger partial charge in [-0.2, -0.15) is 0 Å². The molecule has 0 radical (unpaired) electrons. The Morgan fingerprint density at radius 2 is 2.12 bits per heavy atom. The number of nitrogens with one attached hydrogen (secondary N) is 3. The minimum absolute atomic E-state index is 0. The zero-order valence-electron chi connectivity index (χ0n) is 8.02. The van der Waals surface area contributed by atoms with E-state index < -0.39 is 5.69 Å². The first-order chi connectivity index (χ1) is 7.25. The predicted molar refractivity (Wildman–Crippen MR) is 63.1 cm³/mol. The Kier molecular flexibility index (Phi) is 4.39. The van der Waals surface area contributed by atoms with Crippen LogP contribution in [-0.4, -0.2) is 19.9 Å². The molecule has 0 saturated heterocycles. The third kappa shape index (κ3) is 3.01. The quantitative estimate of drug-likeness (QED) is 0.701. The molecule has 2 rings (SSSR count). The maximum Gasteiger partial charge on any atom is 0.325 e. The van der Waals surface area contributed by atoms with E-state index in [1.807, 2.05) is 0 Å². The number of H-pyrrole nitrogens is 3. The fourth-order valence-corrected chi connectivity index (χ4v) is 1.81. The number of hydrogen-bond acceptors (Lipinski definition) is 4. The SMILES string of the molecule is Cl.O=c1[nH]cc(CSc2ncc[nH]2)c(=O)[nH]1. The highest BCUT2D eigenvalue weighted by Crippen LogP contribution is 2.15. The van der Waals surface area contributed by atoms with Crippen LogP contribution < -0.4 is 11.2 Å². The second kappa shape index (κ2) is 5.57. The molecule has 0 fully saturated rings. The second-order valence-corrected chi connectivity index (χ2v) is 3.74. The van der Waals surface area contributed by atoms with Crippen LogP contribution in [-0.2, 0) is 5.75 Å². The maximum absolute atomic E-state index is 11.3. The van der Waals surface area contributed by atoms with Gasteiger partial charge in [-0.05, 0) is 0 Å². The van der Waals surface area contributed by atoms with Crippen molar-refractivity contribution in [1.82, 2.24) is 19.9 Å². The highest BCUT2D eigenvalue weighted by molar-refractivity contribution is 7.98. The standard InChI is InChI=1S/C8H8N4O2S.ClH/c13-6-5(3-11-7(14)12-6)4-15-8-9-1-2-10-8;/h1-3H,4H2,(H,9,10)(H2,11,12,13,14);1H. The highest BCUT2D eigenvalue weighted by atomic mass is 35.5. The number of thioether (sulfide) groups is 1. The zero-order chi connectivity index (χ0) is 10.7. The molecule has 3 N–H and O–H groups in total. The molecule has 0 atom stereocenters. The van der Waals surface area contributed by atoms with Crippen molar-refractivity contribution in [3.63, 3.8) is 0 Å². The summed E-state index contributed by atoms with van der Waals surface area (Å²) < 4.78 is 0. The first-order valence-corrected chi connectivity index (χ1v) is 5.17. The third-order valence-electron chi connectivity index (χ3n) is 1.73. The van der Waals surface area contributed by atoms with Crippen molar-refractivity contribution in [1.29, 1.82) is 0 Å². The predicted octanol–water partition coefficient (Wildman–Crippen LogP) is 0.500. The fraction of sp³-hybridized carbons (Fsp3) is 0.125. The van der Waals surface area contributed by atoms with Crippen LogP contribution in [0.3, 0.4) is 0 Å². The smallest absolute Gasteiger partial charge is 0.325 e. The summed E-state index contributed by atoms with van der Waals surface area (Å²) in [5.41, 5.74) is -0.347. The molecule has 0 aliphatic rings. The van der Waals surface area contributed by atoms with Crippen molar-refractivity contribution >= 4 is 24.2 Å². The molecule has 2 aromatic heterocycles. The largest absolute Gasteiger partial charge is 0.340 e. The van der Waals surface area contributed by atoms with Crippen molar-refractivity contribution in [3.8, 4) is 0 Å². The zero-order valence-corrected chi connectivity index (χ0v) is 9.65. The first-order valence-electron chi connectivity index (χ1n) is 4.19. The lowest BCUT2D eigenvalue weighted by atomic mass is 10.4. The number of halogens is 1. The van der Waals surface area contributed by atoms with E-state index in [0.29, 0.717) is 11.3 Å². The summed E-state index contributed by atoms with van der Waals surface area (Å²) in [6.45, 7) is 0. The van der Waals surface area contributed by atoms with Crippen LogP contribution >= 0.6 is 24.2 Å². The molecule has 0 spiro atoms.